The topological polar surface area (TPSA) is 46.2 Å². The first-order valence-electron chi connectivity index (χ1n) is 9.96. The predicted octanol–water partition coefficient (Wildman–Crippen LogP) is 5.18. The van der Waals surface area contributed by atoms with Gasteiger partial charge >= 0.3 is 12.1 Å². The lowest BCUT2D eigenvalue weighted by Crippen LogP contribution is -2.41. The van der Waals surface area contributed by atoms with Gasteiger partial charge in [-0.2, -0.15) is 13.2 Å². The van der Waals surface area contributed by atoms with Gasteiger partial charge in [0.05, 0.1) is 0 Å². The summed E-state index contributed by atoms with van der Waals surface area (Å²) in [7, 11) is -2.73. The number of carbonyl (C=O) groups excluding carboxylic acids is 1. The van der Waals surface area contributed by atoms with Gasteiger partial charge < -0.3 is 9.88 Å². The monoisotopic (exact) mass is 437 g/mol. The molecule has 0 saturated heterocycles. The maximum atomic E-state index is 13.8. The molecule has 7 heteroatoms. The molecule has 0 aliphatic rings. The van der Waals surface area contributed by atoms with E-state index in [4.69, 9.17) is 0 Å². The molecule has 30 heavy (non-hydrogen) atoms. The largest absolute Gasteiger partial charge is 0.471 e. The van der Waals surface area contributed by atoms with Crippen molar-refractivity contribution in [3.05, 3.63) is 72.8 Å². The number of allylic oxidation sites excluding steroid dienone is 2. The zero-order chi connectivity index (χ0) is 22.0. The van der Waals surface area contributed by atoms with E-state index < -0.39 is 25.3 Å². The first kappa shape index (κ1) is 23.9. The molecule has 3 nitrogen and oxygen atoms in total. The van der Waals surface area contributed by atoms with E-state index in [0.29, 0.717) is 31.8 Å². The van der Waals surface area contributed by atoms with E-state index in [1.165, 1.54) is 0 Å². The highest BCUT2D eigenvalue weighted by atomic mass is 31.2. The van der Waals surface area contributed by atoms with Crippen molar-refractivity contribution in [3.8, 4) is 0 Å². The van der Waals surface area contributed by atoms with Crippen molar-refractivity contribution in [2.45, 2.75) is 44.8 Å². The second-order valence-electron chi connectivity index (χ2n) is 7.20. The highest BCUT2D eigenvalue weighted by Gasteiger charge is 2.39. The van der Waals surface area contributed by atoms with Crippen molar-refractivity contribution in [2.24, 2.45) is 0 Å². The number of rotatable bonds is 10. The molecule has 0 aromatic heterocycles. The van der Waals surface area contributed by atoms with Gasteiger partial charge in [-0.25, -0.2) is 0 Å². The van der Waals surface area contributed by atoms with E-state index in [1.807, 2.05) is 78.1 Å². The number of benzene rings is 2. The molecule has 1 amide bonds. The molecular weight excluding hydrogens is 410 g/mol. The zero-order valence-electron chi connectivity index (χ0n) is 16.9. The molecule has 0 saturated carbocycles. The van der Waals surface area contributed by atoms with Crippen molar-refractivity contribution in [1.82, 2.24) is 5.32 Å². The van der Waals surface area contributed by atoms with Crippen molar-refractivity contribution < 1.29 is 22.5 Å². The molecule has 2 rings (SSSR count). The van der Waals surface area contributed by atoms with Crippen molar-refractivity contribution in [1.29, 1.82) is 0 Å². The normalized spacial score (nSPS) is 13.3. The van der Waals surface area contributed by atoms with E-state index in [2.05, 4.69) is 0 Å². The van der Waals surface area contributed by atoms with Crippen LogP contribution in [0.5, 0.6) is 0 Å². The summed E-state index contributed by atoms with van der Waals surface area (Å²) in [5, 5.41) is 3.62. The second-order valence-corrected chi connectivity index (χ2v) is 10.2. The first-order chi connectivity index (χ1) is 14.2. The molecule has 0 bridgehead atoms. The van der Waals surface area contributed by atoms with Crippen molar-refractivity contribution in [2.75, 3.05) is 6.16 Å². The lowest BCUT2D eigenvalue weighted by molar-refractivity contribution is -0.174. The SMILES string of the molecule is C[C@H](CCC/C=C\CCP(=O)(c1ccccc1)c1ccccc1)NC(=O)C(F)(F)F. The lowest BCUT2D eigenvalue weighted by atomic mass is 10.1. The molecule has 2 aromatic rings. The summed E-state index contributed by atoms with van der Waals surface area (Å²) in [5.41, 5.74) is 0. The van der Waals surface area contributed by atoms with Crippen LogP contribution >= 0.6 is 7.14 Å². The third-order valence-corrected chi connectivity index (χ3v) is 7.92. The van der Waals surface area contributed by atoms with Gasteiger partial charge in [0, 0.05) is 22.8 Å². The van der Waals surface area contributed by atoms with Crippen LogP contribution in [0.2, 0.25) is 0 Å². The fraction of sp³-hybridized carbons (Fsp3) is 0.348. The summed E-state index contributed by atoms with van der Waals surface area (Å²) in [6, 6.07) is 18.4. The highest BCUT2D eigenvalue weighted by molar-refractivity contribution is 7.78. The zero-order valence-corrected chi connectivity index (χ0v) is 17.8. The highest BCUT2D eigenvalue weighted by Crippen LogP contribution is 2.43. The lowest BCUT2D eigenvalue weighted by Gasteiger charge is -2.18. The number of halogens is 3. The molecule has 0 spiro atoms. The fourth-order valence-corrected chi connectivity index (χ4v) is 5.79. The van der Waals surface area contributed by atoms with Gasteiger partial charge in [0.1, 0.15) is 7.14 Å². The summed E-state index contributed by atoms with van der Waals surface area (Å²) in [6.07, 6.45) is 2.03. The van der Waals surface area contributed by atoms with Crippen LogP contribution in [0.1, 0.15) is 32.6 Å². The second kappa shape index (κ2) is 11.2. The number of alkyl halides is 3. The van der Waals surface area contributed by atoms with Crippen LogP contribution in [0, 0.1) is 0 Å². The first-order valence-corrected chi connectivity index (χ1v) is 11.9. The van der Waals surface area contributed by atoms with E-state index in [0.717, 1.165) is 10.6 Å². The van der Waals surface area contributed by atoms with Gasteiger partial charge in [0.2, 0.25) is 0 Å². The number of nitrogens with one attached hydrogen (secondary N) is 1. The molecule has 162 valence electrons. The Kier molecular flexibility index (Phi) is 8.91. The minimum absolute atomic E-state index is 0.457. The molecule has 0 heterocycles. The third-order valence-electron chi connectivity index (χ3n) is 4.77. The molecule has 0 aliphatic carbocycles. The molecule has 1 atom stereocenters. The number of amides is 1. The molecule has 0 aliphatic heterocycles. The molecule has 2 aromatic carbocycles. The van der Waals surface area contributed by atoms with Gasteiger partial charge in [-0.3, -0.25) is 4.79 Å². The van der Waals surface area contributed by atoms with Crippen LogP contribution in [-0.4, -0.2) is 24.3 Å². The van der Waals surface area contributed by atoms with Crippen LogP contribution in [0.4, 0.5) is 13.2 Å². The van der Waals surface area contributed by atoms with Crippen LogP contribution in [0.3, 0.4) is 0 Å². The average Bonchev–Trinajstić information content (AvgIpc) is 2.73. The molecular formula is C23H27F3NO2P. The van der Waals surface area contributed by atoms with Gasteiger partial charge in [0.15, 0.2) is 0 Å². The van der Waals surface area contributed by atoms with E-state index in [1.54, 1.807) is 6.92 Å². The number of carbonyl (C=O) groups is 1. The number of unbranched alkanes of at least 4 members (excludes halogenated alkanes) is 1. The Morgan fingerprint density at radius 3 is 1.97 bits per heavy atom. The Balaban J connectivity index is 1.84. The molecule has 0 unspecified atom stereocenters. The van der Waals surface area contributed by atoms with Gasteiger partial charge in [-0.15, -0.1) is 0 Å². The summed E-state index contributed by atoms with van der Waals surface area (Å²) < 4.78 is 50.5. The molecule has 1 N–H and O–H groups in total. The fourth-order valence-electron chi connectivity index (χ4n) is 3.16. The Morgan fingerprint density at radius 1 is 0.967 bits per heavy atom. The van der Waals surface area contributed by atoms with Crippen LogP contribution < -0.4 is 15.9 Å². The third kappa shape index (κ3) is 7.17. The average molecular weight is 437 g/mol. The Hall–Kier alpha value is -2.33. The summed E-state index contributed by atoms with van der Waals surface area (Å²) >= 11 is 0. The Morgan fingerprint density at radius 2 is 1.47 bits per heavy atom. The maximum absolute atomic E-state index is 13.8. The smallest absolute Gasteiger partial charge is 0.346 e. The number of hydrogen-bond acceptors (Lipinski definition) is 2. The quantitative estimate of drug-likeness (QED) is 0.316. The van der Waals surface area contributed by atoms with Gasteiger partial charge in [-0.05, 0) is 32.6 Å². The van der Waals surface area contributed by atoms with E-state index in [9.17, 15) is 22.5 Å². The van der Waals surface area contributed by atoms with Crippen molar-refractivity contribution >= 4 is 23.7 Å². The molecule has 0 fully saturated rings. The summed E-state index contributed by atoms with van der Waals surface area (Å²) in [5.74, 6) is -1.90. The minimum atomic E-state index is -4.85. The Labute approximate surface area is 175 Å². The number of hydrogen-bond donors (Lipinski definition) is 1. The Bertz CT molecular complexity index is 824. The van der Waals surface area contributed by atoms with Crippen LogP contribution in [-0.2, 0) is 9.36 Å². The van der Waals surface area contributed by atoms with Crippen LogP contribution in [0.25, 0.3) is 0 Å². The van der Waals surface area contributed by atoms with Crippen molar-refractivity contribution in [3.63, 3.8) is 0 Å². The maximum Gasteiger partial charge on any atom is 0.471 e. The summed E-state index contributed by atoms with van der Waals surface area (Å²) in [4.78, 5) is 10.9. The van der Waals surface area contributed by atoms with Gasteiger partial charge in [0.25, 0.3) is 0 Å². The van der Waals surface area contributed by atoms with E-state index >= 15 is 0 Å². The standard InChI is InChI=1S/C23H27F3NO2P/c1-19(27-22(28)23(24,25)26)13-7-3-2-4-12-18-30(29,20-14-8-5-9-15-20)21-16-10-6-11-17-21/h2,4-6,8-11,14-17,19H,3,7,12-13,18H2,1H3,(H,27,28)/b4-2-/t19-/m1/s1. The van der Waals surface area contributed by atoms with Crippen LogP contribution in [0.15, 0.2) is 72.8 Å². The van der Waals surface area contributed by atoms with E-state index in [-0.39, 0.29) is 0 Å². The predicted molar refractivity (Wildman–Crippen MR) is 116 cm³/mol. The summed E-state index contributed by atoms with van der Waals surface area (Å²) in [6.45, 7) is 1.56. The van der Waals surface area contributed by atoms with Gasteiger partial charge in [-0.1, -0.05) is 72.8 Å². The molecule has 0 radical (unpaired) electrons. The minimum Gasteiger partial charge on any atom is -0.346 e.